The van der Waals surface area contributed by atoms with Crippen molar-refractivity contribution in [2.45, 2.75) is 70.5 Å². The maximum atomic E-state index is 17.6. The van der Waals surface area contributed by atoms with Crippen molar-refractivity contribution in [3.05, 3.63) is 88.7 Å². The molecular formula is C43H44FN5O2. The van der Waals surface area contributed by atoms with Crippen molar-refractivity contribution in [2.24, 2.45) is 5.41 Å². The molecule has 4 heterocycles. The lowest BCUT2D eigenvalue weighted by Crippen LogP contribution is -2.51. The number of rotatable bonds is 8. The van der Waals surface area contributed by atoms with E-state index in [1.165, 1.54) is 11.1 Å². The number of ether oxygens (including phenoxy) is 1. The Labute approximate surface area is 298 Å². The number of aromatic nitrogens is 2. The third-order valence-corrected chi connectivity index (χ3v) is 11.7. The molecule has 1 saturated carbocycles. The molecule has 1 aromatic heterocycles. The molecule has 1 aliphatic carbocycles. The highest BCUT2D eigenvalue weighted by atomic mass is 19.1. The number of terminal acetylenes is 1. The van der Waals surface area contributed by atoms with Crippen LogP contribution >= 0.6 is 0 Å². The second-order valence-electron chi connectivity index (χ2n) is 15.6. The predicted octanol–water partition coefficient (Wildman–Crippen LogP) is 7.56. The molecule has 260 valence electrons. The first-order valence-electron chi connectivity index (χ1n) is 18.5. The topological polar surface area (TPSA) is 73.8 Å². The molecule has 8 heteroatoms. The summed E-state index contributed by atoms with van der Waals surface area (Å²) in [6.45, 7) is 9.17. The monoisotopic (exact) mass is 681 g/mol. The Morgan fingerprint density at radius 1 is 1.04 bits per heavy atom. The van der Waals surface area contributed by atoms with Crippen LogP contribution in [0.3, 0.4) is 0 Å². The maximum Gasteiger partial charge on any atom is 0.319 e. The van der Waals surface area contributed by atoms with Crippen LogP contribution < -0.4 is 15.0 Å². The third-order valence-electron chi connectivity index (χ3n) is 11.7. The van der Waals surface area contributed by atoms with Crippen molar-refractivity contribution in [3.63, 3.8) is 0 Å². The zero-order chi connectivity index (χ0) is 34.9. The lowest BCUT2D eigenvalue weighted by molar-refractivity contribution is 0.145. The number of hydrogen-bond donors (Lipinski definition) is 2. The Morgan fingerprint density at radius 2 is 1.82 bits per heavy atom. The molecule has 2 saturated heterocycles. The first-order chi connectivity index (χ1) is 24.8. The SMILES string of the molecule is C#Cc1cccc2cc(O)cc(-c3c(C(C)C)cc4c(N5CC6CCC(C5)N6)nc(OCC5(CN6CCc7ccccc7C6)CC5)nc4c3F)c12. The van der Waals surface area contributed by atoms with Gasteiger partial charge in [-0.25, -0.2) is 4.39 Å². The quantitative estimate of drug-likeness (QED) is 0.164. The fraction of sp³-hybridized carbons (Fsp3) is 0.395. The molecule has 4 aromatic carbocycles. The molecule has 0 amide bonds. The smallest absolute Gasteiger partial charge is 0.319 e. The number of nitrogens with zero attached hydrogens (tertiary/aromatic N) is 4. The molecule has 9 rings (SSSR count). The van der Waals surface area contributed by atoms with Crippen LogP contribution in [0, 0.1) is 23.6 Å². The fourth-order valence-corrected chi connectivity index (χ4v) is 8.85. The van der Waals surface area contributed by atoms with Crippen LogP contribution in [-0.2, 0) is 13.0 Å². The highest BCUT2D eigenvalue weighted by molar-refractivity contribution is 6.05. The summed E-state index contributed by atoms with van der Waals surface area (Å²) in [7, 11) is 0. The van der Waals surface area contributed by atoms with Crippen molar-refractivity contribution in [2.75, 3.05) is 37.7 Å². The lowest BCUT2D eigenvalue weighted by Gasteiger charge is -2.34. The third kappa shape index (κ3) is 5.87. The predicted molar refractivity (Wildman–Crippen MR) is 201 cm³/mol. The van der Waals surface area contributed by atoms with E-state index in [9.17, 15) is 5.11 Å². The first kappa shape index (κ1) is 32.2. The van der Waals surface area contributed by atoms with E-state index in [0.29, 0.717) is 40.8 Å². The summed E-state index contributed by atoms with van der Waals surface area (Å²) in [5.41, 5.74) is 5.55. The number of phenols is 1. The number of nitrogens with one attached hydrogen (secondary N) is 1. The molecule has 4 aliphatic rings. The first-order valence-corrected chi connectivity index (χ1v) is 18.5. The molecule has 0 spiro atoms. The molecule has 3 fully saturated rings. The number of phenolic OH excluding ortho intramolecular Hbond substituents is 1. The Morgan fingerprint density at radius 3 is 2.57 bits per heavy atom. The number of piperazine rings is 1. The van der Waals surface area contributed by atoms with Gasteiger partial charge in [0.05, 0.1) is 6.61 Å². The lowest BCUT2D eigenvalue weighted by atomic mass is 9.86. The summed E-state index contributed by atoms with van der Waals surface area (Å²) in [5.74, 6) is 3.08. The molecule has 2 bridgehead atoms. The van der Waals surface area contributed by atoms with E-state index in [-0.39, 0.29) is 28.6 Å². The molecule has 2 N–H and O–H groups in total. The molecule has 51 heavy (non-hydrogen) atoms. The summed E-state index contributed by atoms with van der Waals surface area (Å²) in [4.78, 5) is 14.8. The molecular weight excluding hydrogens is 638 g/mol. The minimum atomic E-state index is -0.449. The standard InChI is InChI=1S/C43H44FN5O2/c1-4-27-10-7-11-29-18-33(50)19-35(37(27)29)38-34(26(2)3)20-36-40(39(38)44)46-42(47-41(36)49-22-31-12-13-32(23-49)45-31)51-25-43(15-16-43)24-48-17-14-28-8-5-6-9-30(28)21-48/h1,5-11,18-20,26,31-32,45,50H,12-17,21-25H2,2-3H3. The molecule has 3 aliphatic heterocycles. The number of halogens is 1. The second-order valence-corrected chi connectivity index (χ2v) is 15.6. The Kier molecular flexibility index (Phi) is 7.90. The van der Waals surface area contributed by atoms with Crippen molar-refractivity contribution in [1.29, 1.82) is 0 Å². The zero-order valence-electron chi connectivity index (χ0n) is 29.4. The average molecular weight is 682 g/mol. The normalized spacial score (nSPS) is 20.9. The van der Waals surface area contributed by atoms with E-state index in [2.05, 4.69) is 65.2 Å². The highest BCUT2D eigenvalue weighted by Gasteiger charge is 2.45. The maximum absolute atomic E-state index is 17.6. The summed E-state index contributed by atoms with van der Waals surface area (Å²) >= 11 is 0. The number of anilines is 1. The molecule has 2 unspecified atom stereocenters. The average Bonchev–Trinajstić information content (AvgIpc) is 3.82. The zero-order valence-corrected chi connectivity index (χ0v) is 29.4. The van der Waals surface area contributed by atoms with Crippen LogP contribution in [0.4, 0.5) is 10.2 Å². The Hall–Kier alpha value is -4.71. The van der Waals surface area contributed by atoms with Crippen LogP contribution in [-0.4, -0.2) is 64.8 Å². The van der Waals surface area contributed by atoms with Gasteiger partial charge in [0.15, 0.2) is 5.82 Å². The van der Waals surface area contributed by atoms with Gasteiger partial charge in [0, 0.05) is 72.1 Å². The van der Waals surface area contributed by atoms with E-state index in [1.807, 2.05) is 18.2 Å². The van der Waals surface area contributed by atoms with Gasteiger partial charge in [-0.3, -0.25) is 4.90 Å². The van der Waals surface area contributed by atoms with Gasteiger partial charge in [0.25, 0.3) is 0 Å². The Balaban J connectivity index is 1.14. The second kappa shape index (κ2) is 12.5. The number of aromatic hydroxyl groups is 1. The largest absolute Gasteiger partial charge is 0.508 e. The van der Waals surface area contributed by atoms with Gasteiger partial charge in [0.1, 0.15) is 17.1 Å². The van der Waals surface area contributed by atoms with E-state index in [4.69, 9.17) is 21.1 Å². The molecule has 0 radical (unpaired) electrons. The van der Waals surface area contributed by atoms with E-state index in [1.54, 1.807) is 12.1 Å². The van der Waals surface area contributed by atoms with Crippen LogP contribution in [0.5, 0.6) is 11.8 Å². The van der Waals surface area contributed by atoms with Crippen LogP contribution in [0.2, 0.25) is 0 Å². The van der Waals surface area contributed by atoms with Crippen LogP contribution in [0.1, 0.15) is 67.7 Å². The van der Waals surface area contributed by atoms with Gasteiger partial charge in [-0.05, 0) is 89.9 Å². The summed E-state index contributed by atoms with van der Waals surface area (Å²) in [5, 5.41) is 16.8. The summed E-state index contributed by atoms with van der Waals surface area (Å²) in [6, 6.07) is 20.7. The summed E-state index contributed by atoms with van der Waals surface area (Å²) in [6.07, 6.45) is 11.5. The number of benzene rings is 4. The molecule has 5 aromatic rings. The molecule has 2 atom stereocenters. The summed E-state index contributed by atoms with van der Waals surface area (Å²) < 4.78 is 24.1. The van der Waals surface area contributed by atoms with E-state index < -0.39 is 5.82 Å². The van der Waals surface area contributed by atoms with Crippen molar-refractivity contribution < 1.29 is 14.2 Å². The highest BCUT2D eigenvalue weighted by Crippen LogP contribution is 2.48. The van der Waals surface area contributed by atoms with Gasteiger partial charge in [-0.2, -0.15) is 9.97 Å². The van der Waals surface area contributed by atoms with Gasteiger partial charge in [-0.1, -0.05) is 56.2 Å². The van der Waals surface area contributed by atoms with Crippen molar-refractivity contribution in [3.8, 4) is 35.2 Å². The van der Waals surface area contributed by atoms with Crippen molar-refractivity contribution >= 4 is 27.5 Å². The number of hydrogen-bond acceptors (Lipinski definition) is 7. The van der Waals surface area contributed by atoms with Crippen LogP contribution in [0.15, 0.2) is 60.7 Å². The van der Waals surface area contributed by atoms with Crippen LogP contribution in [0.25, 0.3) is 32.8 Å². The molecule has 7 nitrogen and oxygen atoms in total. The van der Waals surface area contributed by atoms with Gasteiger partial charge in [-0.15, -0.1) is 6.42 Å². The number of fused-ring (bicyclic) bond motifs is 5. The van der Waals surface area contributed by atoms with Gasteiger partial charge < -0.3 is 20.1 Å². The minimum Gasteiger partial charge on any atom is -0.508 e. The van der Waals surface area contributed by atoms with Crippen molar-refractivity contribution in [1.82, 2.24) is 20.2 Å². The van der Waals surface area contributed by atoms with E-state index >= 15 is 4.39 Å². The van der Waals surface area contributed by atoms with Gasteiger partial charge in [0.2, 0.25) is 0 Å². The Bertz CT molecular complexity index is 2210. The fourth-order valence-electron chi connectivity index (χ4n) is 8.85. The minimum absolute atomic E-state index is 0.0336. The van der Waals surface area contributed by atoms with Gasteiger partial charge >= 0.3 is 6.01 Å². The van der Waals surface area contributed by atoms with E-state index in [0.717, 1.165) is 87.0 Å².